The van der Waals surface area contributed by atoms with Gasteiger partial charge in [0.2, 0.25) is 5.91 Å². The number of carboxylic acids is 1. The fourth-order valence-corrected chi connectivity index (χ4v) is 3.76. The Kier molecular flexibility index (Phi) is 7.68. The van der Waals surface area contributed by atoms with Gasteiger partial charge in [0.25, 0.3) is 5.91 Å². The summed E-state index contributed by atoms with van der Waals surface area (Å²) >= 11 is 2.87. The smallest absolute Gasteiger partial charge is 0.304 e. The Morgan fingerprint density at radius 1 is 1.23 bits per heavy atom. The van der Waals surface area contributed by atoms with Crippen molar-refractivity contribution in [1.29, 1.82) is 0 Å². The molecule has 2 N–H and O–H groups in total. The molecule has 8 heteroatoms. The number of nitrogens with one attached hydrogen (secondary N) is 1. The van der Waals surface area contributed by atoms with Gasteiger partial charge in [0.15, 0.2) is 0 Å². The number of thioether (sulfide) groups is 1. The van der Waals surface area contributed by atoms with Gasteiger partial charge in [-0.05, 0) is 29.1 Å². The van der Waals surface area contributed by atoms with E-state index in [1.807, 2.05) is 23.6 Å². The van der Waals surface area contributed by atoms with Crippen molar-refractivity contribution in [1.82, 2.24) is 4.90 Å². The number of thiophene rings is 1. The van der Waals surface area contributed by atoms with E-state index in [-0.39, 0.29) is 24.8 Å². The zero-order valence-electron chi connectivity index (χ0n) is 14.3. The molecule has 0 atom stereocenters. The van der Waals surface area contributed by atoms with Crippen LogP contribution in [0.1, 0.15) is 21.7 Å². The standard InChI is InChI=1S/C18H20N2O4S2/c1-20(18(24)15-6-3-8-26-15)11-16(21)19-14-5-2-4-13(10-14)12-25-9-7-17(22)23/h2-6,8,10H,7,9,11-12H2,1H3,(H,19,21)(H,22,23). The van der Waals surface area contributed by atoms with Gasteiger partial charge in [-0.25, -0.2) is 0 Å². The Hall–Kier alpha value is -2.32. The molecule has 0 bridgehead atoms. The van der Waals surface area contributed by atoms with Gasteiger partial charge in [-0.15, -0.1) is 11.3 Å². The lowest BCUT2D eigenvalue weighted by molar-refractivity contribution is -0.136. The molecule has 1 aromatic heterocycles. The number of amides is 2. The number of benzene rings is 1. The van der Waals surface area contributed by atoms with Crippen LogP contribution in [0.25, 0.3) is 0 Å². The van der Waals surface area contributed by atoms with E-state index in [2.05, 4.69) is 5.32 Å². The second-order valence-electron chi connectivity index (χ2n) is 5.58. The molecule has 0 saturated carbocycles. The number of carbonyl (C=O) groups excluding carboxylic acids is 2. The van der Waals surface area contributed by atoms with E-state index in [0.717, 1.165) is 5.56 Å². The largest absolute Gasteiger partial charge is 0.481 e. The Balaban J connectivity index is 1.83. The fraction of sp³-hybridized carbons (Fsp3) is 0.278. The van der Waals surface area contributed by atoms with Crippen molar-refractivity contribution in [3.8, 4) is 0 Å². The highest BCUT2D eigenvalue weighted by atomic mass is 32.2. The molecule has 1 aromatic carbocycles. The Labute approximate surface area is 160 Å². The second-order valence-corrected chi connectivity index (χ2v) is 7.64. The molecule has 26 heavy (non-hydrogen) atoms. The van der Waals surface area contributed by atoms with Crippen molar-refractivity contribution in [3.05, 3.63) is 52.2 Å². The second kappa shape index (κ2) is 9.98. The van der Waals surface area contributed by atoms with Crippen molar-refractivity contribution >= 4 is 46.6 Å². The van der Waals surface area contributed by atoms with Crippen LogP contribution in [-0.4, -0.2) is 47.1 Å². The first-order valence-electron chi connectivity index (χ1n) is 7.93. The van der Waals surface area contributed by atoms with Crippen LogP contribution in [0.5, 0.6) is 0 Å². The molecule has 0 unspecified atom stereocenters. The van der Waals surface area contributed by atoms with Crippen molar-refractivity contribution in [3.63, 3.8) is 0 Å². The lowest BCUT2D eigenvalue weighted by Gasteiger charge is -2.16. The molecular weight excluding hydrogens is 372 g/mol. The van der Waals surface area contributed by atoms with Gasteiger partial charge in [-0.1, -0.05) is 18.2 Å². The summed E-state index contributed by atoms with van der Waals surface area (Å²) in [5.41, 5.74) is 1.66. The fourth-order valence-electron chi connectivity index (χ4n) is 2.16. The summed E-state index contributed by atoms with van der Waals surface area (Å²) in [4.78, 5) is 36.8. The number of hydrogen-bond donors (Lipinski definition) is 2. The van der Waals surface area contributed by atoms with Crippen LogP contribution < -0.4 is 5.32 Å². The third kappa shape index (κ3) is 6.53. The third-order valence-electron chi connectivity index (χ3n) is 3.40. The van der Waals surface area contributed by atoms with E-state index in [9.17, 15) is 14.4 Å². The minimum atomic E-state index is -0.806. The van der Waals surface area contributed by atoms with Crippen LogP contribution in [0, 0.1) is 0 Å². The van der Waals surface area contributed by atoms with Crippen molar-refractivity contribution < 1.29 is 19.5 Å². The minimum Gasteiger partial charge on any atom is -0.481 e. The molecule has 1 heterocycles. The molecular formula is C18H20N2O4S2. The number of nitrogens with zero attached hydrogens (tertiary/aromatic N) is 1. The normalized spacial score (nSPS) is 10.3. The van der Waals surface area contributed by atoms with Crippen LogP contribution in [-0.2, 0) is 15.3 Å². The zero-order valence-corrected chi connectivity index (χ0v) is 15.9. The maximum Gasteiger partial charge on any atom is 0.304 e. The molecule has 138 valence electrons. The predicted octanol–water partition coefficient (Wildman–Crippen LogP) is 3.17. The highest BCUT2D eigenvalue weighted by molar-refractivity contribution is 7.98. The summed E-state index contributed by atoms with van der Waals surface area (Å²) < 4.78 is 0. The van der Waals surface area contributed by atoms with Crippen LogP contribution in [0.15, 0.2) is 41.8 Å². The quantitative estimate of drug-likeness (QED) is 0.640. The third-order valence-corrected chi connectivity index (χ3v) is 5.29. The maximum atomic E-state index is 12.2. The van der Waals surface area contributed by atoms with Gasteiger partial charge in [-0.3, -0.25) is 14.4 Å². The van der Waals surface area contributed by atoms with Gasteiger partial charge < -0.3 is 15.3 Å². The number of rotatable bonds is 9. The van der Waals surface area contributed by atoms with Crippen LogP contribution in [0.3, 0.4) is 0 Å². The molecule has 2 amide bonds. The van der Waals surface area contributed by atoms with Gasteiger partial charge >= 0.3 is 5.97 Å². The zero-order chi connectivity index (χ0) is 18.9. The van der Waals surface area contributed by atoms with Gasteiger partial charge in [-0.2, -0.15) is 11.8 Å². The summed E-state index contributed by atoms with van der Waals surface area (Å²) in [6.07, 6.45) is 0.131. The van der Waals surface area contributed by atoms with Crippen LogP contribution in [0.2, 0.25) is 0 Å². The topological polar surface area (TPSA) is 86.7 Å². The SMILES string of the molecule is CN(CC(=O)Nc1cccc(CSCCC(=O)O)c1)C(=O)c1cccs1. The van der Waals surface area contributed by atoms with Crippen molar-refractivity contribution in [2.75, 3.05) is 24.7 Å². The van der Waals surface area contributed by atoms with Gasteiger partial charge in [0, 0.05) is 24.2 Å². The average Bonchev–Trinajstić information content (AvgIpc) is 3.12. The minimum absolute atomic E-state index is 0.0334. The number of anilines is 1. The Morgan fingerprint density at radius 3 is 2.73 bits per heavy atom. The summed E-state index contributed by atoms with van der Waals surface area (Å²) in [7, 11) is 1.59. The summed E-state index contributed by atoms with van der Waals surface area (Å²) in [5, 5.41) is 13.2. The molecule has 6 nitrogen and oxygen atoms in total. The van der Waals surface area contributed by atoms with Crippen molar-refractivity contribution in [2.45, 2.75) is 12.2 Å². The number of likely N-dealkylation sites (N-methyl/N-ethyl adjacent to an activating group) is 1. The lowest BCUT2D eigenvalue weighted by atomic mass is 10.2. The monoisotopic (exact) mass is 392 g/mol. The van der Waals surface area contributed by atoms with E-state index < -0.39 is 5.97 Å². The number of carboxylic acid groups (broad SMARTS) is 1. The molecule has 0 saturated heterocycles. The molecule has 2 rings (SSSR count). The first-order valence-corrected chi connectivity index (χ1v) is 9.96. The predicted molar refractivity (Wildman–Crippen MR) is 105 cm³/mol. The number of hydrogen-bond acceptors (Lipinski definition) is 5. The van der Waals surface area contributed by atoms with E-state index >= 15 is 0 Å². The lowest BCUT2D eigenvalue weighted by Crippen LogP contribution is -2.34. The van der Waals surface area contributed by atoms with Crippen LogP contribution in [0.4, 0.5) is 5.69 Å². The number of aliphatic carboxylic acids is 1. The van der Waals surface area contributed by atoms with E-state index in [1.54, 1.807) is 25.2 Å². The summed E-state index contributed by atoms with van der Waals surface area (Å²) in [5.74, 6) is -0.0403. The summed E-state index contributed by atoms with van der Waals surface area (Å²) in [6, 6.07) is 10.9. The van der Waals surface area contributed by atoms with E-state index in [1.165, 1.54) is 28.0 Å². The van der Waals surface area contributed by atoms with Crippen molar-refractivity contribution in [2.24, 2.45) is 0 Å². The molecule has 2 aromatic rings. The van der Waals surface area contributed by atoms with Crippen LogP contribution >= 0.6 is 23.1 Å². The molecule has 0 fully saturated rings. The van der Waals surface area contributed by atoms with Gasteiger partial charge in [0.05, 0.1) is 17.8 Å². The first-order chi connectivity index (χ1) is 12.5. The first kappa shape index (κ1) is 20.0. The molecule has 0 aliphatic rings. The molecule has 0 radical (unpaired) electrons. The molecule has 0 aliphatic heterocycles. The Bertz CT molecular complexity index is 762. The molecule has 0 aliphatic carbocycles. The molecule has 0 spiro atoms. The highest BCUT2D eigenvalue weighted by Gasteiger charge is 2.15. The Morgan fingerprint density at radius 2 is 2.04 bits per heavy atom. The maximum absolute atomic E-state index is 12.2. The average molecular weight is 393 g/mol. The van der Waals surface area contributed by atoms with E-state index in [0.29, 0.717) is 22.1 Å². The van der Waals surface area contributed by atoms with E-state index in [4.69, 9.17) is 5.11 Å². The number of carbonyl (C=O) groups is 3. The summed E-state index contributed by atoms with van der Waals surface area (Å²) in [6.45, 7) is -0.0334. The highest BCUT2D eigenvalue weighted by Crippen LogP contribution is 2.17. The van der Waals surface area contributed by atoms with Gasteiger partial charge in [0.1, 0.15) is 0 Å².